The average molecular weight is 388 g/mol. The summed E-state index contributed by atoms with van der Waals surface area (Å²) in [7, 11) is 0. The Bertz CT molecular complexity index is 817. The van der Waals surface area contributed by atoms with Gasteiger partial charge in [-0.1, -0.05) is 17.7 Å². The van der Waals surface area contributed by atoms with Crippen molar-refractivity contribution in [3.63, 3.8) is 0 Å². The Morgan fingerprint density at radius 1 is 1.57 bits per heavy atom. The van der Waals surface area contributed by atoms with Crippen molar-refractivity contribution in [2.75, 3.05) is 5.32 Å². The lowest BCUT2D eigenvalue weighted by molar-refractivity contribution is 0.0663. The minimum atomic E-state index is -1.17. The zero-order chi connectivity index (χ0) is 15.0. The van der Waals surface area contributed by atoms with E-state index in [1.807, 2.05) is 17.5 Å². The third kappa shape index (κ3) is 2.76. The van der Waals surface area contributed by atoms with Gasteiger partial charge in [-0.15, -0.1) is 11.3 Å². The van der Waals surface area contributed by atoms with Crippen LogP contribution in [0.25, 0.3) is 11.1 Å². The van der Waals surface area contributed by atoms with Crippen LogP contribution in [-0.2, 0) is 6.54 Å². The van der Waals surface area contributed by atoms with Crippen molar-refractivity contribution in [3.05, 3.63) is 43.8 Å². The van der Waals surface area contributed by atoms with E-state index in [9.17, 15) is 4.79 Å². The average Bonchev–Trinajstić information content (AvgIpc) is 3.05. The van der Waals surface area contributed by atoms with Crippen LogP contribution in [0, 0.1) is 0 Å². The molecule has 8 heteroatoms. The van der Waals surface area contributed by atoms with Gasteiger partial charge >= 0.3 is 5.97 Å². The second-order valence-electron chi connectivity index (χ2n) is 4.15. The van der Waals surface area contributed by atoms with E-state index in [1.165, 1.54) is 0 Å². The van der Waals surface area contributed by atoms with Crippen molar-refractivity contribution in [2.45, 2.75) is 6.54 Å². The Balaban J connectivity index is 2.04. The van der Waals surface area contributed by atoms with Crippen LogP contribution in [0.15, 0.2) is 32.5 Å². The van der Waals surface area contributed by atoms with Gasteiger partial charge in [0, 0.05) is 17.5 Å². The van der Waals surface area contributed by atoms with Crippen LogP contribution in [-0.4, -0.2) is 16.1 Å². The van der Waals surface area contributed by atoms with Crippen molar-refractivity contribution >= 4 is 61.6 Å². The normalized spacial score (nSPS) is 11.0. The van der Waals surface area contributed by atoms with Gasteiger partial charge in [0.2, 0.25) is 5.76 Å². The number of pyridine rings is 1. The van der Waals surface area contributed by atoms with Crippen molar-refractivity contribution < 1.29 is 14.3 Å². The molecule has 0 spiro atoms. The zero-order valence-electron chi connectivity index (χ0n) is 10.4. The number of anilines is 1. The second kappa shape index (κ2) is 5.67. The Hall–Kier alpha value is -1.57. The number of carbonyl (C=O) groups is 1. The summed E-state index contributed by atoms with van der Waals surface area (Å²) in [5.41, 5.74) is 1.35. The van der Waals surface area contributed by atoms with Gasteiger partial charge in [-0.3, -0.25) is 0 Å². The van der Waals surface area contributed by atoms with Crippen LogP contribution < -0.4 is 5.32 Å². The van der Waals surface area contributed by atoms with Gasteiger partial charge in [-0.2, -0.15) is 0 Å². The highest BCUT2D eigenvalue weighted by Crippen LogP contribution is 2.35. The summed E-state index contributed by atoms with van der Waals surface area (Å²) in [6, 6.07) is 5.57. The lowest BCUT2D eigenvalue weighted by Crippen LogP contribution is -1.98. The first-order valence-corrected chi connectivity index (χ1v) is 7.89. The molecule has 0 saturated heterocycles. The summed E-state index contributed by atoms with van der Waals surface area (Å²) >= 11 is 10.8. The molecule has 0 radical (unpaired) electrons. The topological polar surface area (TPSA) is 75.4 Å². The van der Waals surface area contributed by atoms with Crippen LogP contribution in [0.5, 0.6) is 0 Å². The maximum atomic E-state index is 11.1. The third-order valence-corrected chi connectivity index (χ3v) is 4.59. The number of thiophene rings is 1. The monoisotopic (exact) mass is 386 g/mol. The number of nitrogens with one attached hydrogen (secondary N) is 1. The molecule has 0 bridgehead atoms. The van der Waals surface area contributed by atoms with E-state index in [1.54, 1.807) is 17.4 Å². The quantitative estimate of drug-likeness (QED) is 0.639. The smallest absolute Gasteiger partial charge is 0.373 e. The second-order valence-corrected chi connectivity index (χ2v) is 6.37. The molecule has 0 aliphatic heterocycles. The molecule has 0 atom stereocenters. The predicted octanol–water partition coefficient (Wildman–Crippen LogP) is 4.62. The van der Waals surface area contributed by atoms with E-state index in [4.69, 9.17) is 21.1 Å². The van der Waals surface area contributed by atoms with Gasteiger partial charge in [0.25, 0.3) is 0 Å². The van der Waals surface area contributed by atoms with Crippen molar-refractivity contribution in [1.29, 1.82) is 0 Å². The summed E-state index contributed by atoms with van der Waals surface area (Å²) in [5.74, 6) is -1.36. The Labute approximate surface area is 136 Å². The Kier molecular flexibility index (Phi) is 3.88. The van der Waals surface area contributed by atoms with Crippen LogP contribution >= 0.6 is 38.9 Å². The molecule has 3 rings (SSSR count). The van der Waals surface area contributed by atoms with Gasteiger partial charge in [0.1, 0.15) is 10.7 Å². The summed E-state index contributed by atoms with van der Waals surface area (Å²) in [4.78, 5) is 16.4. The van der Waals surface area contributed by atoms with Gasteiger partial charge in [0.05, 0.1) is 10.2 Å². The summed E-state index contributed by atoms with van der Waals surface area (Å²) in [5, 5.41) is 14.5. The molecule has 3 heterocycles. The third-order valence-electron chi connectivity index (χ3n) is 2.78. The predicted molar refractivity (Wildman–Crippen MR) is 85.3 cm³/mol. The first kappa shape index (κ1) is 14.4. The van der Waals surface area contributed by atoms with E-state index in [-0.39, 0.29) is 15.4 Å². The van der Waals surface area contributed by atoms with Gasteiger partial charge in [-0.25, -0.2) is 9.78 Å². The van der Waals surface area contributed by atoms with E-state index in [2.05, 4.69) is 26.2 Å². The number of fused-ring (bicyclic) bond motifs is 1. The largest absolute Gasteiger partial charge is 0.475 e. The molecule has 0 fully saturated rings. The summed E-state index contributed by atoms with van der Waals surface area (Å²) in [6.45, 7) is 0.591. The molecular formula is C13H8BrClN2O3S. The number of hydrogen-bond donors (Lipinski definition) is 2. The van der Waals surface area contributed by atoms with E-state index in [0.29, 0.717) is 23.3 Å². The van der Waals surface area contributed by atoms with Gasteiger partial charge < -0.3 is 14.8 Å². The fourth-order valence-corrected chi connectivity index (χ4v) is 3.23. The van der Waals surface area contributed by atoms with Crippen molar-refractivity contribution in [1.82, 2.24) is 4.98 Å². The standard InChI is InChI=1S/C13H8BrClN2O3S/c14-9-10-11(20-12(9)13(18)19)7(4-8(15)17-10)16-5-6-2-1-3-21-6/h1-4H,5H2,(H,16,17)(H,18,19). The number of hydrogen-bond acceptors (Lipinski definition) is 5. The minimum Gasteiger partial charge on any atom is -0.475 e. The molecule has 3 aromatic rings. The fraction of sp³-hybridized carbons (Fsp3) is 0.0769. The minimum absolute atomic E-state index is 0.195. The van der Waals surface area contributed by atoms with Crippen LogP contribution in [0.1, 0.15) is 15.4 Å². The van der Waals surface area contributed by atoms with Gasteiger partial charge in [0.15, 0.2) is 5.58 Å². The SMILES string of the molecule is O=C(O)c1oc2c(NCc3cccs3)cc(Cl)nc2c1Br. The number of aromatic nitrogens is 1. The highest BCUT2D eigenvalue weighted by atomic mass is 79.9. The maximum Gasteiger partial charge on any atom is 0.373 e. The molecular weight excluding hydrogens is 380 g/mol. The van der Waals surface area contributed by atoms with E-state index < -0.39 is 5.97 Å². The van der Waals surface area contributed by atoms with Crippen molar-refractivity contribution in [2.24, 2.45) is 0 Å². The first-order valence-electron chi connectivity index (χ1n) is 5.84. The molecule has 0 aromatic carbocycles. The summed E-state index contributed by atoms with van der Waals surface area (Å²) in [6.07, 6.45) is 0. The van der Waals surface area contributed by atoms with Crippen LogP contribution in [0.2, 0.25) is 5.15 Å². The molecule has 0 aliphatic rings. The summed E-state index contributed by atoms with van der Waals surface area (Å²) < 4.78 is 5.67. The number of rotatable bonds is 4. The highest BCUT2D eigenvalue weighted by molar-refractivity contribution is 9.10. The van der Waals surface area contributed by atoms with E-state index >= 15 is 0 Å². The Morgan fingerprint density at radius 2 is 2.38 bits per heavy atom. The number of nitrogens with zero attached hydrogens (tertiary/aromatic N) is 1. The maximum absolute atomic E-state index is 11.1. The molecule has 0 amide bonds. The number of furan rings is 1. The molecule has 5 nitrogen and oxygen atoms in total. The molecule has 0 aliphatic carbocycles. The lowest BCUT2D eigenvalue weighted by Gasteiger charge is -2.05. The molecule has 108 valence electrons. The van der Waals surface area contributed by atoms with Crippen LogP contribution in [0.3, 0.4) is 0 Å². The zero-order valence-corrected chi connectivity index (χ0v) is 13.6. The molecule has 2 N–H and O–H groups in total. The number of carboxylic acid groups (broad SMARTS) is 1. The van der Waals surface area contributed by atoms with E-state index in [0.717, 1.165) is 4.88 Å². The fourth-order valence-electron chi connectivity index (χ4n) is 1.87. The number of halogens is 2. The number of aromatic carboxylic acids is 1. The first-order chi connectivity index (χ1) is 10.1. The molecule has 0 saturated carbocycles. The van der Waals surface area contributed by atoms with Crippen molar-refractivity contribution in [3.8, 4) is 0 Å². The molecule has 0 unspecified atom stereocenters. The lowest BCUT2D eigenvalue weighted by atomic mass is 10.3. The molecule has 21 heavy (non-hydrogen) atoms. The highest BCUT2D eigenvalue weighted by Gasteiger charge is 2.22. The number of carboxylic acids is 1. The van der Waals surface area contributed by atoms with Crippen LogP contribution in [0.4, 0.5) is 5.69 Å². The van der Waals surface area contributed by atoms with Gasteiger partial charge in [-0.05, 0) is 27.4 Å². The molecule has 3 aromatic heterocycles. The Morgan fingerprint density at radius 3 is 3.05 bits per heavy atom.